The van der Waals surface area contributed by atoms with Gasteiger partial charge in [-0.2, -0.15) is 0 Å². The lowest BCUT2D eigenvalue weighted by Gasteiger charge is -2.35. The van der Waals surface area contributed by atoms with E-state index in [4.69, 9.17) is 10.5 Å². The molecule has 7 nitrogen and oxygen atoms in total. The van der Waals surface area contributed by atoms with E-state index in [0.717, 1.165) is 29.5 Å². The van der Waals surface area contributed by atoms with Crippen molar-refractivity contribution in [2.45, 2.75) is 50.9 Å². The number of ether oxygens (including phenoxy) is 1. The lowest BCUT2D eigenvalue weighted by Crippen LogP contribution is -2.56. The Morgan fingerprint density at radius 2 is 1.71 bits per heavy atom. The van der Waals surface area contributed by atoms with Gasteiger partial charge in [0.05, 0.1) is 6.54 Å². The van der Waals surface area contributed by atoms with Gasteiger partial charge in [-0.1, -0.05) is 67.4 Å². The molecule has 2 atom stereocenters. The minimum Gasteiger partial charge on any atom is -0.445 e. The summed E-state index contributed by atoms with van der Waals surface area (Å²) in [5, 5.41) is 2.78. The van der Waals surface area contributed by atoms with Gasteiger partial charge in [-0.25, -0.2) is 4.79 Å². The van der Waals surface area contributed by atoms with Gasteiger partial charge in [0.15, 0.2) is 0 Å². The summed E-state index contributed by atoms with van der Waals surface area (Å²) in [7, 11) is 0. The Labute approximate surface area is 181 Å². The number of hydrogen-bond acceptors (Lipinski definition) is 4. The average molecular weight is 421 g/mol. The Balaban J connectivity index is 1.49. The van der Waals surface area contributed by atoms with Gasteiger partial charge in [0.2, 0.25) is 11.8 Å². The van der Waals surface area contributed by atoms with Crippen LogP contribution >= 0.6 is 0 Å². The molecule has 2 aliphatic rings. The van der Waals surface area contributed by atoms with Crippen molar-refractivity contribution >= 4 is 17.9 Å². The predicted molar refractivity (Wildman–Crippen MR) is 115 cm³/mol. The highest BCUT2D eigenvalue weighted by atomic mass is 16.6. The van der Waals surface area contributed by atoms with Gasteiger partial charge in [0.1, 0.15) is 18.7 Å². The van der Waals surface area contributed by atoms with Crippen LogP contribution in [-0.4, -0.2) is 34.9 Å². The number of primary amides is 1. The molecule has 7 heteroatoms. The first-order chi connectivity index (χ1) is 15.0. The largest absolute Gasteiger partial charge is 0.445 e. The number of carbonyl (C=O) groups excluding carboxylic acids is 3. The maximum atomic E-state index is 13.1. The van der Waals surface area contributed by atoms with Crippen molar-refractivity contribution < 1.29 is 19.1 Å². The van der Waals surface area contributed by atoms with E-state index < -0.39 is 24.1 Å². The standard InChI is InChI=1S/C24H27N3O4/c25-22(28)20(12-16-10-11-16)26-23(29)21-13-18-8-4-5-9-19(18)14-27(21)24(30)31-15-17-6-2-1-3-7-17/h1-9,16,20-21H,10-15H2,(H2,25,28)(H,26,29)/t20-,21+/m1/s1. The Bertz CT molecular complexity index is 958. The van der Waals surface area contributed by atoms with Gasteiger partial charge in [0, 0.05) is 6.42 Å². The van der Waals surface area contributed by atoms with E-state index in [1.165, 1.54) is 4.90 Å². The number of fused-ring (bicyclic) bond motifs is 1. The molecule has 1 heterocycles. The number of rotatable bonds is 7. The minimum absolute atomic E-state index is 0.123. The third-order valence-electron chi connectivity index (χ3n) is 5.92. The van der Waals surface area contributed by atoms with Gasteiger partial charge >= 0.3 is 6.09 Å². The van der Waals surface area contributed by atoms with Crippen LogP contribution < -0.4 is 11.1 Å². The summed E-state index contributed by atoms with van der Waals surface area (Å²) in [5.74, 6) is -0.498. The SMILES string of the molecule is NC(=O)[C@@H](CC1CC1)NC(=O)[C@@H]1Cc2ccccc2CN1C(=O)OCc1ccccc1. The van der Waals surface area contributed by atoms with Crippen LogP contribution in [0.3, 0.4) is 0 Å². The van der Waals surface area contributed by atoms with Crippen LogP contribution in [0.1, 0.15) is 36.0 Å². The van der Waals surface area contributed by atoms with E-state index in [1.54, 1.807) is 0 Å². The molecule has 0 unspecified atom stereocenters. The molecule has 0 radical (unpaired) electrons. The van der Waals surface area contributed by atoms with Crippen LogP contribution in [0.4, 0.5) is 4.79 Å². The van der Waals surface area contributed by atoms with Gasteiger partial charge in [-0.3, -0.25) is 14.5 Å². The number of nitrogens with one attached hydrogen (secondary N) is 1. The fourth-order valence-electron chi connectivity index (χ4n) is 3.95. The number of hydrogen-bond donors (Lipinski definition) is 2. The van der Waals surface area contributed by atoms with Gasteiger partial charge in [-0.15, -0.1) is 0 Å². The molecule has 3 N–H and O–H groups in total. The van der Waals surface area contributed by atoms with Gasteiger partial charge in [0.25, 0.3) is 0 Å². The molecule has 2 aromatic rings. The molecule has 162 valence electrons. The molecule has 3 amide bonds. The molecular weight excluding hydrogens is 394 g/mol. The maximum absolute atomic E-state index is 13.1. The summed E-state index contributed by atoms with van der Waals surface area (Å²) in [6.45, 7) is 0.392. The molecule has 31 heavy (non-hydrogen) atoms. The molecule has 0 spiro atoms. The molecule has 2 aromatic carbocycles. The summed E-state index contributed by atoms with van der Waals surface area (Å²) in [6.07, 6.45) is 2.44. The van der Waals surface area contributed by atoms with Crippen molar-refractivity contribution in [1.29, 1.82) is 0 Å². The first kappa shape index (κ1) is 20.9. The monoisotopic (exact) mass is 421 g/mol. The first-order valence-electron chi connectivity index (χ1n) is 10.6. The fourth-order valence-corrected chi connectivity index (χ4v) is 3.95. The maximum Gasteiger partial charge on any atom is 0.411 e. The van der Waals surface area contributed by atoms with E-state index in [0.29, 0.717) is 18.8 Å². The van der Waals surface area contributed by atoms with Crippen molar-refractivity contribution in [3.8, 4) is 0 Å². The summed E-state index contributed by atoms with van der Waals surface area (Å²) >= 11 is 0. The quantitative estimate of drug-likeness (QED) is 0.717. The third kappa shape index (κ3) is 5.23. The number of amides is 3. The van der Waals surface area contributed by atoms with Crippen molar-refractivity contribution in [2.24, 2.45) is 11.7 Å². The normalized spacial score (nSPS) is 18.6. The molecule has 0 bridgehead atoms. The highest BCUT2D eigenvalue weighted by Crippen LogP contribution is 2.33. The zero-order valence-corrected chi connectivity index (χ0v) is 17.3. The van der Waals surface area contributed by atoms with Crippen LogP contribution in [0.15, 0.2) is 54.6 Å². The number of nitrogens with zero attached hydrogens (tertiary/aromatic N) is 1. The number of nitrogens with two attached hydrogens (primary N) is 1. The van der Waals surface area contributed by atoms with Crippen molar-refractivity contribution in [2.75, 3.05) is 0 Å². The topological polar surface area (TPSA) is 102 Å². The number of carbonyl (C=O) groups is 3. The lowest BCUT2D eigenvalue weighted by molar-refractivity contribution is -0.131. The van der Waals surface area contributed by atoms with E-state index in [1.807, 2.05) is 54.6 Å². The predicted octanol–water partition coefficient (Wildman–Crippen LogP) is 2.52. The second kappa shape index (κ2) is 9.20. The highest BCUT2D eigenvalue weighted by Gasteiger charge is 2.38. The molecule has 4 rings (SSSR count). The second-order valence-electron chi connectivity index (χ2n) is 8.30. The van der Waals surface area contributed by atoms with Crippen LogP contribution in [0, 0.1) is 5.92 Å². The minimum atomic E-state index is -0.765. The van der Waals surface area contributed by atoms with Crippen molar-refractivity contribution in [1.82, 2.24) is 10.2 Å². The summed E-state index contributed by atoms with van der Waals surface area (Å²) in [4.78, 5) is 39.4. The molecule has 0 saturated heterocycles. The summed E-state index contributed by atoms with van der Waals surface area (Å²) < 4.78 is 5.51. The molecule has 1 fully saturated rings. The molecule has 1 aliphatic carbocycles. The van der Waals surface area contributed by atoms with E-state index in [2.05, 4.69) is 5.32 Å². The van der Waals surface area contributed by atoms with Crippen LogP contribution in [-0.2, 0) is 33.9 Å². The van der Waals surface area contributed by atoms with Gasteiger partial charge < -0.3 is 15.8 Å². The van der Waals surface area contributed by atoms with Crippen molar-refractivity contribution in [3.63, 3.8) is 0 Å². The zero-order chi connectivity index (χ0) is 21.8. The fraction of sp³-hybridized carbons (Fsp3) is 0.375. The molecular formula is C24H27N3O4. The smallest absolute Gasteiger partial charge is 0.411 e. The van der Waals surface area contributed by atoms with Crippen LogP contribution in [0.5, 0.6) is 0 Å². The molecule has 0 aromatic heterocycles. The second-order valence-corrected chi connectivity index (χ2v) is 8.30. The highest BCUT2D eigenvalue weighted by molar-refractivity contribution is 5.91. The van der Waals surface area contributed by atoms with Crippen molar-refractivity contribution in [3.05, 3.63) is 71.3 Å². The Kier molecular flexibility index (Phi) is 6.21. The lowest BCUT2D eigenvalue weighted by atomic mass is 9.93. The Morgan fingerprint density at radius 1 is 1.03 bits per heavy atom. The van der Waals surface area contributed by atoms with Gasteiger partial charge in [-0.05, 0) is 29.0 Å². The summed E-state index contributed by atoms with van der Waals surface area (Å²) in [5.41, 5.74) is 8.37. The Hall–Kier alpha value is -3.35. The molecule has 1 saturated carbocycles. The Morgan fingerprint density at radius 3 is 2.39 bits per heavy atom. The van der Waals surface area contributed by atoms with E-state index in [-0.39, 0.29) is 19.1 Å². The molecule has 1 aliphatic heterocycles. The first-order valence-corrected chi connectivity index (χ1v) is 10.6. The third-order valence-corrected chi connectivity index (χ3v) is 5.92. The average Bonchev–Trinajstić information content (AvgIpc) is 3.61. The van der Waals surface area contributed by atoms with E-state index in [9.17, 15) is 14.4 Å². The van der Waals surface area contributed by atoms with Crippen LogP contribution in [0.2, 0.25) is 0 Å². The number of benzene rings is 2. The summed E-state index contributed by atoms with van der Waals surface area (Å²) in [6, 6.07) is 15.6. The zero-order valence-electron chi connectivity index (χ0n) is 17.3. The van der Waals surface area contributed by atoms with Crippen LogP contribution in [0.25, 0.3) is 0 Å². The van der Waals surface area contributed by atoms with E-state index >= 15 is 0 Å².